The summed E-state index contributed by atoms with van der Waals surface area (Å²) in [5.74, 6) is 1.08. The van der Waals surface area contributed by atoms with E-state index in [-0.39, 0.29) is 12.5 Å². The second kappa shape index (κ2) is 6.04. The first kappa shape index (κ1) is 14.5. The molecule has 0 aliphatic carbocycles. The number of rotatable bonds is 5. The number of fused-ring (bicyclic) bond motifs is 1. The first-order chi connectivity index (χ1) is 9.54. The van der Waals surface area contributed by atoms with Gasteiger partial charge >= 0.3 is 0 Å². The second-order valence-electron chi connectivity index (χ2n) is 4.53. The molecule has 20 heavy (non-hydrogen) atoms. The number of anilines is 1. The summed E-state index contributed by atoms with van der Waals surface area (Å²) < 4.78 is 1.58. The lowest BCUT2D eigenvalue weighted by molar-refractivity contribution is -0.119. The number of amides is 1. The van der Waals surface area contributed by atoms with Crippen molar-refractivity contribution in [2.45, 2.75) is 20.3 Å². The molecule has 0 radical (unpaired) electrons. The molecule has 0 unspecified atom stereocenters. The maximum Gasteiger partial charge on any atom is 0.255 e. The number of aromatic nitrogens is 4. The van der Waals surface area contributed by atoms with E-state index in [0.29, 0.717) is 23.3 Å². The Morgan fingerprint density at radius 3 is 3.00 bits per heavy atom. The van der Waals surface area contributed by atoms with Crippen LogP contribution in [0.5, 0.6) is 0 Å². The maximum absolute atomic E-state index is 11.8. The summed E-state index contributed by atoms with van der Waals surface area (Å²) in [5, 5.41) is 7.32. The zero-order valence-corrected chi connectivity index (χ0v) is 12.5. The smallest absolute Gasteiger partial charge is 0.255 e. The zero-order valence-electron chi connectivity index (χ0n) is 11.7. The van der Waals surface area contributed by atoms with Crippen LogP contribution in [0.3, 0.4) is 0 Å². The fourth-order valence-electron chi connectivity index (χ4n) is 1.94. The van der Waals surface area contributed by atoms with E-state index in [2.05, 4.69) is 20.4 Å². The van der Waals surface area contributed by atoms with Gasteiger partial charge in [-0.3, -0.25) is 4.79 Å². The van der Waals surface area contributed by atoms with Crippen LogP contribution in [-0.2, 0) is 4.79 Å². The number of hydrogen-bond acceptors (Lipinski definition) is 5. The molecule has 0 fully saturated rings. The molecule has 0 bridgehead atoms. The minimum atomic E-state index is -0.0463. The van der Waals surface area contributed by atoms with Gasteiger partial charge in [-0.15, -0.1) is 0 Å². The number of likely N-dealkylation sites (N-methyl/N-ethyl adjacent to an activating group) is 1. The van der Waals surface area contributed by atoms with Crippen LogP contribution in [0.15, 0.2) is 6.33 Å². The van der Waals surface area contributed by atoms with E-state index >= 15 is 0 Å². The van der Waals surface area contributed by atoms with Crippen molar-refractivity contribution in [2.24, 2.45) is 0 Å². The van der Waals surface area contributed by atoms with Gasteiger partial charge in [0.1, 0.15) is 17.3 Å². The predicted molar refractivity (Wildman–Crippen MR) is 77.1 cm³/mol. The van der Waals surface area contributed by atoms with E-state index in [1.165, 1.54) is 6.33 Å². The van der Waals surface area contributed by atoms with Crippen molar-refractivity contribution in [3.63, 3.8) is 0 Å². The zero-order chi connectivity index (χ0) is 14.7. The quantitative estimate of drug-likeness (QED) is 0.835. The topological polar surface area (TPSA) is 75.4 Å². The van der Waals surface area contributed by atoms with Crippen LogP contribution in [0.2, 0.25) is 5.15 Å². The second-order valence-corrected chi connectivity index (χ2v) is 4.89. The summed E-state index contributed by atoms with van der Waals surface area (Å²) >= 11 is 6.09. The number of nitrogens with one attached hydrogen (secondary N) is 1. The first-order valence-corrected chi connectivity index (χ1v) is 6.76. The van der Waals surface area contributed by atoms with Crippen LogP contribution < -0.4 is 10.2 Å². The molecule has 108 valence electrons. The Hall–Kier alpha value is -1.89. The number of nitrogens with zero attached hydrogens (tertiary/aromatic N) is 5. The Balaban J connectivity index is 2.29. The predicted octanol–water partition coefficient (Wildman–Crippen LogP) is 1.05. The molecule has 2 aromatic rings. The molecule has 2 heterocycles. The highest BCUT2D eigenvalue weighted by Crippen LogP contribution is 2.24. The largest absolute Gasteiger partial charge is 0.355 e. The Labute approximate surface area is 122 Å². The molecular weight excluding hydrogens is 280 g/mol. The average molecular weight is 297 g/mol. The average Bonchev–Trinajstić information content (AvgIpc) is 2.84. The van der Waals surface area contributed by atoms with E-state index < -0.39 is 0 Å². The lowest BCUT2D eigenvalue weighted by Crippen LogP contribution is -2.36. The minimum absolute atomic E-state index is 0.0463. The van der Waals surface area contributed by atoms with Gasteiger partial charge in [0.25, 0.3) is 5.78 Å². The van der Waals surface area contributed by atoms with Crippen LogP contribution in [0.1, 0.15) is 18.9 Å². The minimum Gasteiger partial charge on any atom is -0.355 e. The Bertz CT molecular complexity index is 626. The van der Waals surface area contributed by atoms with Gasteiger partial charge in [0.2, 0.25) is 5.91 Å². The fourth-order valence-corrected chi connectivity index (χ4v) is 2.10. The third-order valence-corrected chi connectivity index (χ3v) is 3.26. The molecule has 0 aromatic carbocycles. The van der Waals surface area contributed by atoms with Crippen LogP contribution in [-0.4, -0.2) is 45.6 Å². The van der Waals surface area contributed by atoms with Crippen molar-refractivity contribution in [3.05, 3.63) is 17.0 Å². The molecule has 7 nitrogen and oxygen atoms in total. The Kier molecular flexibility index (Phi) is 4.39. The standard InChI is InChI=1S/C12H17ClN6O/c1-4-5-14-9(20)6-18(3)11-8(2)10(13)17-12-15-7-16-19(11)12/h7H,4-6H2,1-3H3,(H,14,20). The summed E-state index contributed by atoms with van der Waals surface area (Å²) in [5.41, 5.74) is 0.760. The number of carbonyl (C=O) groups is 1. The van der Waals surface area contributed by atoms with E-state index in [1.54, 1.807) is 9.42 Å². The van der Waals surface area contributed by atoms with Crippen LogP contribution in [0, 0.1) is 6.92 Å². The Morgan fingerprint density at radius 1 is 1.55 bits per heavy atom. The Morgan fingerprint density at radius 2 is 2.30 bits per heavy atom. The molecule has 0 spiro atoms. The number of halogens is 1. The van der Waals surface area contributed by atoms with E-state index in [0.717, 1.165) is 12.0 Å². The maximum atomic E-state index is 11.8. The molecule has 8 heteroatoms. The summed E-state index contributed by atoms with van der Waals surface area (Å²) in [7, 11) is 1.81. The highest BCUT2D eigenvalue weighted by molar-refractivity contribution is 6.30. The van der Waals surface area contributed by atoms with E-state index in [4.69, 9.17) is 11.6 Å². The van der Waals surface area contributed by atoms with Gasteiger partial charge in [-0.25, -0.2) is 0 Å². The highest BCUT2D eigenvalue weighted by atomic mass is 35.5. The summed E-state index contributed by atoms with van der Waals surface area (Å²) in [6.45, 7) is 4.74. The lowest BCUT2D eigenvalue weighted by atomic mass is 10.3. The van der Waals surface area contributed by atoms with Crippen molar-refractivity contribution in [1.82, 2.24) is 24.9 Å². The SMILES string of the molecule is CCCNC(=O)CN(C)c1c(C)c(Cl)nc2ncnn12. The van der Waals surface area contributed by atoms with Gasteiger partial charge in [-0.05, 0) is 13.3 Å². The van der Waals surface area contributed by atoms with Crippen LogP contribution in [0.25, 0.3) is 5.78 Å². The number of carbonyl (C=O) groups excluding carboxylic acids is 1. The molecule has 0 aliphatic rings. The lowest BCUT2D eigenvalue weighted by Gasteiger charge is -2.21. The molecule has 0 saturated heterocycles. The highest BCUT2D eigenvalue weighted by Gasteiger charge is 2.17. The van der Waals surface area contributed by atoms with Gasteiger partial charge in [-0.2, -0.15) is 19.6 Å². The van der Waals surface area contributed by atoms with Crippen molar-refractivity contribution in [2.75, 3.05) is 25.0 Å². The van der Waals surface area contributed by atoms with Crippen molar-refractivity contribution in [1.29, 1.82) is 0 Å². The van der Waals surface area contributed by atoms with Gasteiger partial charge in [0, 0.05) is 19.2 Å². The van der Waals surface area contributed by atoms with Gasteiger partial charge < -0.3 is 10.2 Å². The molecule has 2 aromatic heterocycles. The molecule has 1 N–H and O–H groups in total. The third kappa shape index (κ3) is 2.82. The molecule has 0 saturated carbocycles. The van der Waals surface area contributed by atoms with E-state index in [1.807, 2.05) is 20.9 Å². The molecule has 0 atom stereocenters. The molecule has 0 aliphatic heterocycles. The van der Waals surface area contributed by atoms with Gasteiger partial charge in [0.05, 0.1) is 6.54 Å². The van der Waals surface area contributed by atoms with Crippen LogP contribution >= 0.6 is 11.6 Å². The number of hydrogen-bond donors (Lipinski definition) is 1. The summed E-state index contributed by atoms with van der Waals surface area (Å²) in [6.07, 6.45) is 2.31. The summed E-state index contributed by atoms with van der Waals surface area (Å²) in [4.78, 5) is 21.8. The van der Waals surface area contributed by atoms with Gasteiger partial charge in [-0.1, -0.05) is 18.5 Å². The summed E-state index contributed by atoms with van der Waals surface area (Å²) in [6, 6.07) is 0. The van der Waals surface area contributed by atoms with Crippen LogP contribution in [0.4, 0.5) is 5.82 Å². The first-order valence-electron chi connectivity index (χ1n) is 6.38. The van der Waals surface area contributed by atoms with Gasteiger partial charge in [0.15, 0.2) is 0 Å². The van der Waals surface area contributed by atoms with Crippen molar-refractivity contribution in [3.8, 4) is 0 Å². The fraction of sp³-hybridized carbons (Fsp3) is 0.500. The third-order valence-electron chi connectivity index (χ3n) is 2.89. The van der Waals surface area contributed by atoms with Crippen molar-refractivity contribution >= 4 is 29.1 Å². The monoisotopic (exact) mass is 296 g/mol. The molecular formula is C12H17ClN6O. The normalized spacial score (nSPS) is 10.8. The van der Waals surface area contributed by atoms with Crippen molar-refractivity contribution < 1.29 is 4.79 Å². The molecule has 2 rings (SSSR count). The molecule has 1 amide bonds. The van der Waals surface area contributed by atoms with E-state index in [9.17, 15) is 4.79 Å².